The molecule has 1 aromatic heterocycles. The van der Waals surface area contributed by atoms with E-state index in [1.165, 1.54) is 24.2 Å². The monoisotopic (exact) mass is 290 g/mol. The second-order valence-electron chi connectivity index (χ2n) is 5.33. The van der Waals surface area contributed by atoms with Crippen molar-refractivity contribution in [2.45, 2.75) is 45.6 Å². The van der Waals surface area contributed by atoms with Gasteiger partial charge in [0.2, 0.25) is 0 Å². The predicted octanol–water partition coefficient (Wildman–Crippen LogP) is 2.77. The predicted molar refractivity (Wildman–Crippen MR) is 84.0 cm³/mol. The fourth-order valence-corrected chi connectivity index (χ4v) is 3.56. The van der Waals surface area contributed by atoms with Gasteiger partial charge in [0, 0.05) is 12.6 Å². The van der Waals surface area contributed by atoms with E-state index in [2.05, 4.69) is 18.8 Å². The summed E-state index contributed by atoms with van der Waals surface area (Å²) in [7, 11) is 0. The highest BCUT2D eigenvalue weighted by Crippen LogP contribution is 2.25. The average molecular weight is 290 g/mol. The number of carbonyl (C=O) groups is 1. The number of amides is 1. The molecule has 0 aliphatic carbocycles. The van der Waals surface area contributed by atoms with Gasteiger partial charge < -0.3 is 10.6 Å². The highest BCUT2D eigenvalue weighted by molar-refractivity contribution is 7.14. The van der Waals surface area contributed by atoms with Crippen molar-refractivity contribution in [3.05, 3.63) is 21.4 Å². The molecule has 1 unspecified atom stereocenters. The van der Waals surface area contributed by atoms with Crippen molar-refractivity contribution in [3.63, 3.8) is 0 Å². The molecule has 108 valence electrons. The minimum atomic E-state index is 0.160. The summed E-state index contributed by atoms with van der Waals surface area (Å²) in [5, 5.41) is 0. The molecular weight excluding hydrogens is 268 g/mol. The molecule has 4 heteroatoms. The summed E-state index contributed by atoms with van der Waals surface area (Å²) in [5.74, 6) is 6.07. The first-order chi connectivity index (χ1) is 9.63. The standard InChI is InChI=1S/C16H22N2OS/c1-12-11-15(20-14(12)8-6-9-17)16(19)18-10-5-3-4-7-13(18)2/h11,13H,3-5,7,9-10,17H2,1-2H3. The Kier molecular flexibility index (Phi) is 5.22. The lowest BCUT2D eigenvalue weighted by molar-refractivity contribution is 0.0703. The maximum Gasteiger partial charge on any atom is 0.264 e. The number of rotatable bonds is 1. The van der Waals surface area contributed by atoms with Crippen LogP contribution in [0.4, 0.5) is 0 Å². The average Bonchev–Trinajstić information content (AvgIpc) is 2.66. The van der Waals surface area contributed by atoms with Gasteiger partial charge in [0.25, 0.3) is 5.91 Å². The molecule has 1 fully saturated rings. The van der Waals surface area contributed by atoms with Crippen LogP contribution < -0.4 is 5.73 Å². The van der Waals surface area contributed by atoms with Gasteiger partial charge >= 0.3 is 0 Å². The first kappa shape index (κ1) is 15.1. The number of nitrogens with zero attached hydrogens (tertiary/aromatic N) is 1. The number of likely N-dealkylation sites (tertiary alicyclic amines) is 1. The van der Waals surface area contributed by atoms with Gasteiger partial charge in [0.15, 0.2) is 0 Å². The fraction of sp³-hybridized carbons (Fsp3) is 0.562. The van der Waals surface area contributed by atoms with E-state index >= 15 is 0 Å². The van der Waals surface area contributed by atoms with Crippen LogP contribution in [-0.2, 0) is 0 Å². The van der Waals surface area contributed by atoms with Crippen LogP contribution in [0.25, 0.3) is 0 Å². The van der Waals surface area contributed by atoms with Crippen LogP contribution >= 0.6 is 11.3 Å². The van der Waals surface area contributed by atoms with E-state index < -0.39 is 0 Å². The van der Waals surface area contributed by atoms with Crippen LogP contribution in [-0.4, -0.2) is 29.9 Å². The first-order valence-corrected chi connectivity index (χ1v) is 8.05. The summed E-state index contributed by atoms with van der Waals surface area (Å²) in [6.45, 7) is 5.38. The van der Waals surface area contributed by atoms with Crippen LogP contribution in [0.5, 0.6) is 0 Å². The molecule has 0 saturated carbocycles. The quantitative estimate of drug-likeness (QED) is 0.808. The fourth-order valence-electron chi connectivity index (χ4n) is 2.56. The third-order valence-electron chi connectivity index (χ3n) is 3.75. The highest BCUT2D eigenvalue weighted by Gasteiger charge is 2.24. The Bertz CT molecular complexity index is 538. The van der Waals surface area contributed by atoms with Gasteiger partial charge in [-0.25, -0.2) is 0 Å². The van der Waals surface area contributed by atoms with E-state index in [1.54, 1.807) is 0 Å². The zero-order chi connectivity index (χ0) is 14.5. The lowest BCUT2D eigenvalue weighted by atomic mass is 10.1. The van der Waals surface area contributed by atoms with Gasteiger partial charge in [-0.3, -0.25) is 4.79 Å². The summed E-state index contributed by atoms with van der Waals surface area (Å²) in [6, 6.07) is 2.30. The molecule has 1 aliphatic rings. The Morgan fingerprint density at radius 3 is 3.05 bits per heavy atom. The Labute approximate surface area is 125 Å². The van der Waals surface area contributed by atoms with Gasteiger partial charge in [-0.05, 0) is 38.3 Å². The van der Waals surface area contributed by atoms with E-state index in [4.69, 9.17) is 5.73 Å². The second-order valence-corrected chi connectivity index (χ2v) is 6.38. The number of nitrogens with two attached hydrogens (primary N) is 1. The smallest absolute Gasteiger partial charge is 0.264 e. The second kappa shape index (κ2) is 6.92. The van der Waals surface area contributed by atoms with E-state index in [9.17, 15) is 4.79 Å². The molecule has 1 atom stereocenters. The van der Waals surface area contributed by atoms with Crippen molar-refractivity contribution in [1.82, 2.24) is 4.90 Å². The third-order valence-corrected chi connectivity index (χ3v) is 4.89. The molecule has 0 radical (unpaired) electrons. The molecule has 0 bridgehead atoms. The molecular formula is C16H22N2OS. The largest absolute Gasteiger partial charge is 0.335 e. The van der Waals surface area contributed by atoms with E-state index in [0.29, 0.717) is 12.6 Å². The number of aryl methyl sites for hydroxylation is 1. The molecule has 1 saturated heterocycles. The van der Waals surface area contributed by atoms with Crippen molar-refractivity contribution in [2.75, 3.05) is 13.1 Å². The summed E-state index contributed by atoms with van der Waals surface area (Å²) >= 11 is 1.49. The number of thiophene rings is 1. The zero-order valence-electron chi connectivity index (χ0n) is 12.2. The Morgan fingerprint density at radius 1 is 1.50 bits per heavy atom. The Hall–Kier alpha value is -1.31. The van der Waals surface area contributed by atoms with Crippen molar-refractivity contribution in [3.8, 4) is 11.8 Å². The van der Waals surface area contributed by atoms with Crippen LogP contribution in [0.3, 0.4) is 0 Å². The van der Waals surface area contributed by atoms with Gasteiger partial charge in [-0.15, -0.1) is 11.3 Å². The summed E-state index contributed by atoms with van der Waals surface area (Å²) in [4.78, 5) is 16.5. The molecule has 1 amide bonds. The molecule has 3 nitrogen and oxygen atoms in total. The van der Waals surface area contributed by atoms with Crippen LogP contribution in [0.2, 0.25) is 0 Å². The Balaban J connectivity index is 2.20. The maximum atomic E-state index is 12.7. The van der Waals surface area contributed by atoms with Crippen molar-refractivity contribution >= 4 is 17.2 Å². The normalized spacial score (nSPS) is 19.1. The lowest BCUT2D eigenvalue weighted by Crippen LogP contribution is -2.37. The molecule has 0 aromatic carbocycles. The van der Waals surface area contributed by atoms with Gasteiger partial charge in [-0.2, -0.15) is 0 Å². The van der Waals surface area contributed by atoms with Crippen LogP contribution in [0, 0.1) is 18.8 Å². The lowest BCUT2D eigenvalue weighted by Gasteiger charge is -2.26. The zero-order valence-corrected chi connectivity index (χ0v) is 13.1. The molecule has 2 N–H and O–H groups in total. The third kappa shape index (κ3) is 3.41. The Morgan fingerprint density at radius 2 is 2.30 bits per heavy atom. The minimum absolute atomic E-state index is 0.160. The highest BCUT2D eigenvalue weighted by atomic mass is 32.1. The summed E-state index contributed by atoms with van der Waals surface area (Å²) in [6.07, 6.45) is 4.67. The van der Waals surface area contributed by atoms with Crippen LogP contribution in [0.1, 0.15) is 52.7 Å². The van der Waals surface area contributed by atoms with Crippen molar-refractivity contribution in [1.29, 1.82) is 0 Å². The van der Waals surface area contributed by atoms with E-state index in [-0.39, 0.29) is 5.91 Å². The molecule has 20 heavy (non-hydrogen) atoms. The number of carbonyl (C=O) groups excluding carboxylic acids is 1. The molecule has 1 aromatic rings. The van der Waals surface area contributed by atoms with Gasteiger partial charge in [0.05, 0.1) is 16.3 Å². The molecule has 2 heterocycles. The maximum absolute atomic E-state index is 12.7. The van der Waals surface area contributed by atoms with E-state index in [1.807, 2.05) is 17.9 Å². The van der Waals surface area contributed by atoms with Crippen LogP contribution in [0.15, 0.2) is 6.07 Å². The summed E-state index contributed by atoms with van der Waals surface area (Å²) < 4.78 is 0. The van der Waals surface area contributed by atoms with Gasteiger partial charge in [0.1, 0.15) is 0 Å². The van der Waals surface area contributed by atoms with Crippen molar-refractivity contribution in [2.24, 2.45) is 5.73 Å². The van der Waals surface area contributed by atoms with Crippen molar-refractivity contribution < 1.29 is 4.79 Å². The topological polar surface area (TPSA) is 46.3 Å². The minimum Gasteiger partial charge on any atom is -0.335 e. The molecule has 0 spiro atoms. The summed E-state index contributed by atoms with van der Waals surface area (Å²) in [5.41, 5.74) is 6.47. The van der Waals surface area contributed by atoms with Gasteiger partial charge in [-0.1, -0.05) is 24.7 Å². The first-order valence-electron chi connectivity index (χ1n) is 7.24. The molecule has 2 rings (SSSR count). The van der Waals surface area contributed by atoms with E-state index in [0.717, 1.165) is 34.7 Å². The number of hydrogen-bond acceptors (Lipinski definition) is 3. The number of hydrogen-bond donors (Lipinski definition) is 1. The molecule has 1 aliphatic heterocycles. The SMILES string of the molecule is Cc1cc(C(=O)N2CCCCCC2C)sc1C#CCN.